The van der Waals surface area contributed by atoms with E-state index in [-0.39, 0.29) is 5.41 Å². The summed E-state index contributed by atoms with van der Waals surface area (Å²) in [7, 11) is 0. The highest BCUT2D eigenvalue weighted by molar-refractivity contribution is 7.09. The fraction of sp³-hybridized carbons (Fsp3) is 0.400. The van der Waals surface area contributed by atoms with Gasteiger partial charge in [-0.2, -0.15) is 0 Å². The third-order valence-corrected chi connectivity index (χ3v) is 3.49. The lowest BCUT2D eigenvalue weighted by Crippen LogP contribution is -2.11. The number of thiazole rings is 1. The Bertz CT molecular complexity index is 525. The molecule has 2 nitrogen and oxygen atoms in total. The van der Waals surface area contributed by atoms with Crippen molar-refractivity contribution in [2.24, 2.45) is 0 Å². The summed E-state index contributed by atoms with van der Waals surface area (Å²) < 4.78 is 5.75. The molecule has 0 fully saturated rings. The Hall–Kier alpha value is -1.35. The Balaban J connectivity index is 2.01. The summed E-state index contributed by atoms with van der Waals surface area (Å²) in [4.78, 5) is 4.61. The van der Waals surface area contributed by atoms with Crippen molar-refractivity contribution < 1.29 is 4.74 Å². The van der Waals surface area contributed by atoms with E-state index in [1.165, 1.54) is 5.56 Å². The molecule has 0 radical (unpaired) electrons. The van der Waals surface area contributed by atoms with Gasteiger partial charge in [0.2, 0.25) is 0 Å². The number of aryl methyl sites for hydroxylation is 1. The van der Waals surface area contributed by atoms with Gasteiger partial charge >= 0.3 is 0 Å². The molecule has 1 heterocycles. The quantitative estimate of drug-likeness (QED) is 0.820. The van der Waals surface area contributed by atoms with Gasteiger partial charge in [-0.1, -0.05) is 32.9 Å². The van der Waals surface area contributed by atoms with Gasteiger partial charge in [-0.15, -0.1) is 11.3 Å². The van der Waals surface area contributed by atoms with Gasteiger partial charge < -0.3 is 4.74 Å². The molecule has 2 aromatic rings. The third kappa shape index (κ3) is 3.33. The minimum Gasteiger partial charge on any atom is -0.486 e. The molecule has 2 rings (SSSR count). The summed E-state index contributed by atoms with van der Waals surface area (Å²) in [5.41, 5.74) is 2.45. The molecule has 0 N–H and O–H groups in total. The summed E-state index contributed by atoms with van der Waals surface area (Å²) >= 11 is 1.66. The predicted molar refractivity (Wildman–Crippen MR) is 76.3 cm³/mol. The Labute approximate surface area is 113 Å². The lowest BCUT2D eigenvalue weighted by Gasteiger charge is -2.14. The monoisotopic (exact) mass is 261 g/mol. The number of ether oxygens (including phenoxy) is 1. The van der Waals surface area contributed by atoms with Crippen LogP contribution in [0.25, 0.3) is 0 Å². The molecule has 0 saturated heterocycles. The largest absolute Gasteiger partial charge is 0.486 e. The zero-order valence-corrected chi connectivity index (χ0v) is 12.2. The molecule has 1 aromatic heterocycles. The molecule has 0 unspecified atom stereocenters. The van der Waals surface area contributed by atoms with E-state index in [0.717, 1.165) is 16.5 Å². The topological polar surface area (TPSA) is 22.1 Å². The van der Waals surface area contributed by atoms with Crippen molar-refractivity contribution in [1.29, 1.82) is 0 Å². The molecule has 0 aliphatic rings. The normalized spacial score (nSPS) is 11.6. The second-order valence-electron chi connectivity index (χ2n) is 5.48. The highest BCUT2D eigenvalue weighted by Gasteiger charge is 2.17. The number of nitrogens with zero attached hydrogens (tertiary/aromatic N) is 1. The summed E-state index contributed by atoms with van der Waals surface area (Å²) in [6, 6.07) is 8.09. The van der Waals surface area contributed by atoms with Crippen LogP contribution in [0.5, 0.6) is 5.75 Å². The maximum atomic E-state index is 5.75. The first-order valence-electron chi connectivity index (χ1n) is 6.09. The number of benzene rings is 1. The molecule has 3 heteroatoms. The average molecular weight is 261 g/mol. The van der Waals surface area contributed by atoms with Crippen LogP contribution in [0.4, 0.5) is 0 Å². The number of aromatic nitrogens is 1. The number of hydrogen-bond acceptors (Lipinski definition) is 3. The molecule has 18 heavy (non-hydrogen) atoms. The maximum Gasteiger partial charge on any atom is 0.140 e. The first kappa shape index (κ1) is 13.1. The van der Waals surface area contributed by atoms with Crippen LogP contribution >= 0.6 is 11.3 Å². The first-order valence-corrected chi connectivity index (χ1v) is 6.97. The Morgan fingerprint density at radius 2 is 2.06 bits per heavy atom. The molecule has 0 aliphatic carbocycles. The van der Waals surface area contributed by atoms with Gasteiger partial charge in [0.1, 0.15) is 17.4 Å². The van der Waals surface area contributed by atoms with Gasteiger partial charge in [-0.25, -0.2) is 4.98 Å². The third-order valence-electron chi connectivity index (χ3n) is 2.67. The zero-order chi connectivity index (χ0) is 13.2. The summed E-state index contributed by atoms with van der Waals surface area (Å²) in [5.74, 6) is 0.905. The molecule has 0 aliphatic heterocycles. The lowest BCUT2D eigenvalue weighted by atomic mass is 9.93. The van der Waals surface area contributed by atoms with Crippen LogP contribution in [0, 0.1) is 6.92 Å². The Morgan fingerprint density at radius 3 is 2.67 bits per heavy atom. The van der Waals surface area contributed by atoms with Crippen LogP contribution in [0.3, 0.4) is 0 Å². The maximum absolute atomic E-state index is 5.75. The van der Waals surface area contributed by atoms with Gasteiger partial charge in [-0.05, 0) is 24.6 Å². The van der Waals surface area contributed by atoms with E-state index in [2.05, 4.69) is 44.1 Å². The van der Waals surface area contributed by atoms with E-state index in [9.17, 15) is 0 Å². The van der Waals surface area contributed by atoms with E-state index in [1.54, 1.807) is 11.3 Å². The predicted octanol–water partition coefficient (Wildman–Crippen LogP) is 4.33. The summed E-state index contributed by atoms with van der Waals surface area (Å²) in [6.07, 6.45) is 0. The number of rotatable bonds is 3. The van der Waals surface area contributed by atoms with Crippen molar-refractivity contribution in [2.75, 3.05) is 0 Å². The fourth-order valence-electron chi connectivity index (χ4n) is 1.57. The van der Waals surface area contributed by atoms with Crippen LogP contribution in [-0.4, -0.2) is 4.98 Å². The van der Waals surface area contributed by atoms with Crippen molar-refractivity contribution in [1.82, 2.24) is 4.98 Å². The van der Waals surface area contributed by atoms with Crippen molar-refractivity contribution in [3.63, 3.8) is 0 Å². The van der Waals surface area contributed by atoms with Crippen molar-refractivity contribution in [2.45, 2.75) is 39.7 Å². The molecule has 0 amide bonds. The van der Waals surface area contributed by atoms with Crippen LogP contribution < -0.4 is 4.74 Å². The van der Waals surface area contributed by atoms with Crippen molar-refractivity contribution in [3.8, 4) is 5.75 Å². The van der Waals surface area contributed by atoms with Crippen LogP contribution in [0.2, 0.25) is 0 Å². The molecular formula is C15H19NOS. The fourth-order valence-corrected chi connectivity index (χ4v) is 2.50. The van der Waals surface area contributed by atoms with Crippen LogP contribution in [-0.2, 0) is 12.0 Å². The van der Waals surface area contributed by atoms with Crippen LogP contribution in [0.1, 0.15) is 37.0 Å². The molecule has 1 aromatic carbocycles. The second-order valence-corrected chi connectivity index (χ2v) is 6.42. The Kier molecular flexibility index (Phi) is 3.71. The number of hydrogen-bond donors (Lipinski definition) is 0. The molecular weight excluding hydrogens is 242 g/mol. The molecule has 0 spiro atoms. The van der Waals surface area contributed by atoms with E-state index in [1.807, 2.05) is 18.2 Å². The van der Waals surface area contributed by atoms with Crippen LogP contribution in [0.15, 0.2) is 29.6 Å². The molecule has 0 bridgehead atoms. The minimum atomic E-state index is 0.109. The van der Waals surface area contributed by atoms with Crippen molar-refractivity contribution >= 4 is 11.3 Å². The first-order chi connectivity index (χ1) is 8.45. The van der Waals surface area contributed by atoms with E-state index in [0.29, 0.717) is 6.61 Å². The SMILES string of the molecule is Cc1cccc(OCc2nc(C(C)(C)C)cs2)c1. The highest BCUT2D eigenvalue weighted by Crippen LogP contribution is 2.24. The zero-order valence-electron chi connectivity index (χ0n) is 11.4. The standard InChI is InChI=1S/C15H19NOS/c1-11-6-5-7-12(8-11)17-9-14-16-13(10-18-14)15(2,3)4/h5-8,10H,9H2,1-4H3. The van der Waals surface area contributed by atoms with Gasteiger partial charge in [0.15, 0.2) is 0 Å². The van der Waals surface area contributed by atoms with Gasteiger partial charge in [0.05, 0.1) is 5.69 Å². The van der Waals surface area contributed by atoms with Gasteiger partial charge in [0.25, 0.3) is 0 Å². The molecule has 96 valence electrons. The summed E-state index contributed by atoms with van der Waals surface area (Å²) in [6.45, 7) is 9.13. The Morgan fingerprint density at radius 1 is 1.28 bits per heavy atom. The van der Waals surface area contributed by atoms with E-state index >= 15 is 0 Å². The van der Waals surface area contributed by atoms with E-state index < -0.39 is 0 Å². The van der Waals surface area contributed by atoms with Gasteiger partial charge in [-0.3, -0.25) is 0 Å². The van der Waals surface area contributed by atoms with Crippen molar-refractivity contribution in [3.05, 3.63) is 45.9 Å². The van der Waals surface area contributed by atoms with Gasteiger partial charge in [0, 0.05) is 10.8 Å². The molecule has 0 saturated carbocycles. The highest BCUT2D eigenvalue weighted by atomic mass is 32.1. The van der Waals surface area contributed by atoms with E-state index in [4.69, 9.17) is 4.74 Å². The summed E-state index contributed by atoms with van der Waals surface area (Å²) in [5, 5.41) is 3.15. The average Bonchev–Trinajstić information content (AvgIpc) is 2.74. The minimum absolute atomic E-state index is 0.109. The second kappa shape index (κ2) is 5.11. The molecule has 0 atom stereocenters. The smallest absolute Gasteiger partial charge is 0.140 e. The lowest BCUT2D eigenvalue weighted by molar-refractivity contribution is 0.304.